The lowest BCUT2D eigenvalue weighted by molar-refractivity contribution is 0.101. The Bertz CT molecular complexity index is 1170. The number of hydrogen-bond acceptors (Lipinski definition) is 5. The first kappa shape index (κ1) is 17.0. The summed E-state index contributed by atoms with van der Waals surface area (Å²) in [5.41, 5.74) is 2.87. The number of Topliss-reactive ketones (excluding diaryl/α,β-unsaturated/α-hetero) is 1. The third kappa shape index (κ3) is 3.43. The summed E-state index contributed by atoms with van der Waals surface area (Å²) in [5.74, 6) is 1.29. The standard InChI is InChI=1S/C22H14N2O2S/c1-14(25)15-6-8-16(9-7-15)20-11-10-18(26-20)12-17(13-23)22-24-19-4-2-3-5-21(19)27-22/h2-12H,1H3. The third-order valence-corrected chi connectivity index (χ3v) is 5.20. The molecular formula is C22H14N2O2S. The minimum atomic E-state index is 0.0270. The van der Waals surface area contributed by atoms with Gasteiger partial charge in [0, 0.05) is 17.2 Å². The van der Waals surface area contributed by atoms with Crippen LogP contribution in [0, 0.1) is 11.3 Å². The maximum absolute atomic E-state index is 11.4. The van der Waals surface area contributed by atoms with Crippen molar-refractivity contribution < 1.29 is 9.21 Å². The zero-order valence-electron chi connectivity index (χ0n) is 14.5. The maximum Gasteiger partial charge on any atom is 0.159 e. The molecule has 0 radical (unpaired) electrons. The van der Waals surface area contributed by atoms with Gasteiger partial charge in [0.15, 0.2) is 5.78 Å². The number of aromatic nitrogens is 1. The summed E-state index contributed by atoms with van der Waals surface area (Å²) in [6.07, 6.45) is 1.70. The number of nitrogens with zero attached hydrogens (tertiary/aromatic N) is 2. The molecule has 27 heavy (non-hydrogen) atoms. The Morgan fingerprint density at radius 3 is 2.59 bits per heavy atom. The molecule has 0 bridgehead atoms. The molecule has 0 aliphatic carbocycles. The van der Waals surface area contributed by atoms with Crippen LogP contribution in [0.2, 0.25) is 0 Å². The second-order valence-corrected chi connectivity index (χ2v) is 7.02. The molecule has 2 heterocycles. The zero-order valence-corrected chi connectivity index (χ0v) is 15.3. The van der Waals surface area contributed by atoms with Gasteiger partial charge >= 0.3 is 0 Å². The first-order valence-electron chi connectivity index (χ1n) is 8.33. The molecule has 2 aromatic carbocycles. The molecule has 0 N–H and O–H groups in total. The van der Waals surface area contributed by atoms with Crippen molar-refractivity contribution in [3.05, 3.63) is 77.0 Å². The number of furan rings is 1. The minimum absolute atomic E-state index is 0.0270. The molecule has 0 saturated carbocycles. The van der Waals surface area contributed by atoms with Crippen LogP contribution >= 0.6 is 11.3 Å². The zero-order chi connectivity index (χ0) is 18.8. The molecule has 4 nitrogen and oxygen atoms in total. The first-order valence-corrected chi connectivity index (χ1v) is 9.14. The number of ketones is 1. The Kier molecular flexibility index (Phi) is 4.41. The van der Waals surface area contributed by atoms with Crippen LogP contribution in [-0.2, 0) is 0 Å². The van der Waals surface area contributed by atoms with Gasteiger partial charge in [-0.15, -0.1) is 11.3 Å². The third-order valence-electron chi connectivity index (χ3n) is 4.13. The van der Waals surface area contributed by atoms with E-state index in [4.69, 9.17) is 4.42 Å². The quantitative estimate of drug-likeness (QED) is 0.335. The molecule has 0 fully saturated rings. The Balaban J connectivity index is 1.65. The fourth-order valence-electron chi connectivity index (χ4n) is 2.73. The molecular weight excluding hydrogens is 356 g/mol. The van der Waals surface area contributed by atoms with Gasteiger partial charge in [0.25, 0.3) is 0 Å². The normalized spacial score (nSPS) is 11.5. The van der Waals surface area contributed by atoms with Gasteiger partial charge in [0.2, 0.25) is 0 Å². The lowest BCUT2D eigenvalue weighted by Gasteiger charge is -1.99. The van der Waals surface area contributed by atoms with Crippen molar-refractivity contribution in [2.75, 3.05) is 0 Å². The number of allylic oxidation sites excluding steroid dienone is 1. The number of thiazole rings is 1. The second-order valence-electron chi connectivity index (χ2n) is 5.99. The smallest absolute Gasteiger partial charge is 0.159 e. The number of carbonyl (C=O) groups is 1. The first-order chi connectivity index (χ1) is 13.1. The largest absolute Gasteiger partial charge is 0.457 e. The maximum atomic E-state index is 11.4. The molecule has 4 aromatic rings. The summed E-state index contributed by atoms with van der Waals surface area (Å²) in [6, 6.07) is 20.9. The Morgan fingerprint density at radius 1 is 1.11 bits per heavy atom. The van der Waals surface area contributed by atoms with Crippen LogP contribution < -0.4 is 0 Å². The van der Waals surface area contributed by atoms with Crippen LogP contribution in [0.25, 0.3) is 33.2 Å². The van der Waals surface area contributed by atoms with Gasteiger partial charge in [-0.1, -0.05) is 36.4 Å². The highest BCUT2D eigenvalue weighted by atomic mass is 32.1. The lowest BCUT2D eigenvalue weighted by atomic mass is 10.1. The van der Waals surface area contributed by atoms with E-state index >= 15 is 0 Å². The summed E-state index contributed by atoms with van der Waals surface area (Å²) in [4.78, 5) is 15.9. The number of para-hydroxylation sites is 1. The van der Waals surface area contributed by atoms with Gasteiger partial charge in [-0.25, -0.2) is 4.98 Å². The van der Waals surface area contributed by atoms with Crippen LogP contribution in [0.4, 0.5) is 0 Å². The van der Waals surface area contributed by atoms with Gasteiger partial charge in [-0.05, 0) is 31.2 Å². The van der Waals surface area contributed by atoms with E-state index in [0.29, 0.717) is 27.7 Å². The minimum Gasteiger partial charge on any atom is -0.457 e. The van der Waals surface area contributed by atoms with Gasteiger partial charge < -0.3 is 4.42 Å². The Hall–Kier alpha value is -3.49. The summed E-state index contributed by atoms with van der Waals surface area (Å²) >= 11 is 1.48. The van der Waals surface area contributed by atoms with Crippen LogP contribution in [0.15, 0.2) is 65.1 Å². The SMILES string of the molecule is CC(=O)c1ccc(-c2ccc(C=C(C#N)c3nc4ccccc4s3)o2)cc1. The van der Waals surface area contributed by atoms with Crippen molar-refractivity contribution in [3.8, 4) is 17.4 Å². The van der Waals surface area contributed by atoms with Gasteiger partial charge in [-0.2, -0.15) is 5.26 Å². The Labute approximate surface area is 160 Å². The molecule has 5 heteroatoms. The second kappa shape index (κ2) is 7.02. The van der Waals surface area contributed by atoms with E-state index in [1.165, 1.54) is 18.3 Å². The number of fused-ring (bicyclic) bond motifs is 1. The average molecular weight is 370 g/mol. The van der Waals surface area contributed by atoms with E-state index in [1.54, 1.807) is 18.2 Å². The molecule has 0 spiro atoms. The highest BCUT2D eigenvalue weighted by Gasteiger charge is 2.11. The highest BCUT2D eigenvalue weighted by molar-refractivity contribution is 7.19. The van der Waals surface area contributed by atoms with Crippen molar-refractivity contribution in [2.24, 2.45) is 0 Å². The summed E-state index contributed by atoms with van der Waals surface area (Å²) in [5, 5.41) is 10.2. The summed E-state index contributed by atoms with van der Waals surface area (Å²) in [7, 11) is 0. The fraction of sp³-hybridized carbons (Fsp3) is 0.0455. The van der Waals surface area contributed by atoms with Crippen LogP contribution in [-0.4, -0.2) is 10.8 Å². The predicted molar refractivity (Wildman–Crippen MR) is 107 cm³/mol. The van der Waals surface area contributed by atoms with E-state index < -0.39 is 0 Å². The van der Waals surface area contributed by atoms with E-state index in [0.717, 1.165) is 15.8 Å². The number of carbonyl (C=O) groups excluding carboxylic acids is 1. The molecule has 0 unspecified atom stereocenters. The molecule has 0 saturated heterocycles. The van der Waals surface area contributed by atoms with E-state index in [-0.39, 0.29) is 5.78 Å². The fourth-order valence-corrected chi connectivity index (χ4v) is 3.66. The van der Waals surface area contributed by atoms with Crippen molar-refractivity contribution in [1.82, 2.24) is 4.98 Å². The van der Waals surface area contributed by atoms with E-state index in [1.807, 2.05) is 48.5 Å². The molecule has 0 amide bonds. The monoisotopic (exact) mass is 370 g/mol. The lowest BCUT2D eigenvalue weighted by Crippen LogP contribution is -1.90. The summed E-state index contributed by atoms with van der Waals surface area (Å²) < 4.78 is 6.90. The molecule has 4 rings (SSSR count). The number of hydrogen-bond donors (Lipinski definition) is 0. The van der Waals surface area contributed by atoms with Gasteiger partial charge in [-0.3, -0.25) is 4.79 Å². The summed E-state index contributed by atoms with van der Waals surface area (Å²) in [6.45, 7) is 1.54. The van der Waals surface area contributed by atoms with Gasteiger partial charge in [0.1, 0.15) is 22.6 Å². The number of nitriles is 1. The van der Waals surface area contributed by atoms with Crippen LogP contribution in [0.5, 0.6) is 0 Å². The highest BCUT2D eigenvalue weighted by Crippen LogP contribution is 2.29. The molecule has 0 aliphatic heterocycles. The molecule has 0 aliphatic rings. The number of benzene rings is 2. The van der Waals surface area contributed by atoms with Crippen LogP contribution in [0.3, 0.4) is 0 Å². The molecule has 130 valence electrons. The topological polar surface area (TPSA) is 66.9 Å². The van der Waals surface area contributed by atoms with E-state index in [2.05, 4.69) is 11.1 Å². The van der Waals surface area contributed by atoms with Gasteiger partial charge in [0.05, 0.1) is 15.8 Å². The van der Waals surface area contributed by atoms with Crippen molar-refractivity contribution in [3.63, 3.8) is 0 Å². The Morgan fingerprint density at radius 2 is 1.89 bits per heavy atom. The molecule has 0 atom stereocenters. The number of rotatable bonds is 4. The van der Waals surface area contributed by atoms with E-state index in [9.17, 15) is 10.1 Å². The molecule has 2 aromatic heterocycles. The van der Waals surface area contributed by atoms with Crippen molar-refractivity contribution in [2.45, 2.75) is 6.92 Å². The van der Waals surface area contributed by atoms with Crippen molar-refractivity contribution in [1.29, 1.82) is 5.26 Å². The predicted octanol–water partition coefficient (Wildman–Crippen LogP) is 5.82. The average Bonchev–Trinajstić information content (AvgIpc) is 3.33. The van der Waals surface area contributed by atoms with Crippen molar-refractivity contribution >= 4 is 39.0 Å². The van der Waals surface area contributed by atoms with Crippen LogP contribution in [0.1, 0.15) is 28.0 Å².